The Kier molecular flexibility index (Phi) is 5.55. The fourth-order valence-electron chi connectivity index (χ4n) is 2.65. The molecular weight excluding hydrogens is 420 g/mol. The van der Waals surface area contributed by atoms with E-state index >= 15 is 0 Å². The molecule has 4 rings (SSSR count). The number of para-hydroxylation sites is 1. The third-order valence-corrected chi connectivity index (χ3v) is 6.24. The van der Waals surface area contributed by atoms with Crippen LogP contribution in [0.25, 0.3) is 5.69 Å². The molecule has 150 valence electrons. The van der Waals surface area contributed by atoms with Gasteiger partial charge in [0.2, 0.25) is 10.6 Å². The Morgan fingerprint density at radius 3 is 2.07 bits per heavy atom. The number of carbonyl (C=O) groups excluding carboxylic acids is 1. The van der Waals surface area contributed by atoms with Crippen molar-refractivity contribution in [3.8, 4) is 5.69 Å². The molecule has 0 radical (unpaired) electrons. The van der Waals surface area contributed by atoms with Crippen LogP contribution in [-0.4, -0.2) is 24.0 Å². The Balaban J connectivity index is 1.77. The normalized spacial score (nSPS) is 11.9. The zero-order chi connectivity index (χ0) is 21.0. The molecule has 1 N–H and O–H groups in total. The molecule has 1 heterocycles. The molecule has 0 saturated heterocycles. The minimum Gasteiger partial charge on any atom is -0.286 e. The van der Waals surface area contributed by atoms with E-state index in [9.17, 15) is 13.2 Å². The lowest BCUT2D eigenvalue weighted by atomic mass is 10.1. The maximum absolute atomic E-state index is 12.8. The summed E-state index contributed by atoms with van der Waals surface area (Å²) < 4.78 is 26.5. The van der Waals surface area contributed by atoms with E-state index in [0.29, 0.717) is 11.3 Å². The van der Waals surface area contributed by atoms with Gasteiger partial charge in [-0.05, 0) is 24.3 Å². The van der Waals surface area contributed by atoms with Gasteiger partial charge in [0.05, 0.1) is 10.6 Å². The SMILES string of the molecule is O=C(c1ccccc1)c1nn(-c2ccccc2)/c(=N\NS(=O)(=O)c2ccccc2)s1. The zero-order valence-electron chi connectivity index (χ0n) is 15.5. The van der Waals surface area contributed by atoms with Crippen molar-refractivity contribution in [2.24, 2.45) is 5.10 Å². The second-order valence-corrected chi connectivity index (χ2v) is 8.77. The minimum absolute atomic E-state index is 0.0881. The van der Waals surface area contributed by atoms with E-state index in [1.165, 1.54) is 16.8 Å². The average Bonchev–Trinajstić information content (AvgIpc) is 3.23. The highest BCUT2D eigenvalue weighted by atomic mass is 32.2. The largest absolute Gasteiger partial charge is 0.286 e. The molecule has 4 aromatic rings. The second-order valence-electron chi connectivity index (χ2n) is 6.15. The Labute approximate surface area is 177 Å². The number of rotatable bonds is 6. The molecule has 9 heteroatoms. The van der Waals surface area contributed by atoms with E-state index in [2.05, 4.69) is 15.0 Å². The fourth-order valence-corrected chi connectivity index (χ4v) is 4.36. The second kappa shape index (κ2) is 8.44. The number of benzene rings is 3. The predicted octanol–water partition coefficient (Wildman–Crippen LogP) is 2.96. The topological polar surface area (TPSA) is 93.4 Å². The maximum Gasteiger partial charge on any atom is 0.276 e. The van der Waals surface area contributed by atoms with E-state index in [0.717, 1.165) is 11.3 Å². The first-order valence-corrected chi connectivity index (χ1v) is 11.2. The van der Waals surface area contributed by atoms with Gasteiger partial charge in [0, 0.05) is 5.56 Å². The van der Waals surface area contributed by atoms with Crippen LogP contribution in [0, 0.1) is 0 Å². The van der Waals surface area contributed by atoms with E-state index in [1.54, 1.807) is 54.6 Å². The quantitative estimate of drug-likeness (QED) is 0.371. The molecule has 0 spiro atoms. The van der Waals surface area contributed by atoms with Crippen LogP contribution in [0.15, 0.2) is 101 Å². The standard InChI is InChI=1S/C21H16N4O3S2/c26-19(16-10-4-1-5-11-16)20-23-25(17-12-6-2-7-13-17)21(29-20)22-24-30(27,28)18-14-8-3-9-15-18/h1-15,24H/b22-21+. The summed E-state index contributed by atoms with van der Waals surface area (Å²) in [5.41, 5.74) is 1.14. The first-order valence-electron chi connectivity index (χ1n) is 8.90. The first kappa shape index (κ1) is 19.7. The van der Waals surface area contributed by atoms with E-state index in [-0.39, 0.29) is 20.5 Å². The van der Waals surface area contributed by atoms with Crippen molar-refractivity contribution >= 4 is 27.1 Å². The lowest BCUT2D eigenvalue weighted by Gasteiger charge is -2.03. The summed E-state index contributed by atoms with van der Waals surface area (Å²) in [6, 6.07) is 25.8. The molecule has 30 heavy (non-hydrogen) atoms. The van der Waals surface area contributed by atoms with Crippen molar-refractivity contribution in [1.82, 2.24) is 14.6 Å². The van der Waals surface area contributed by atoms with Gasteiger partial charge in [-0.25, -0.2) is 4.68 Å². The number of sulfonamides is 1. The fraction of sp³-hybridized carbons (Fsp3) is 0. The highest BCUT2D eigenvalue weighted by Gasteiger charge is 2.17. The van der Waals surface area contributed by atoms with Gasteiger partial charge in [0.15, 0.2) is 5.01 Å². The van der Waals surface area contributed by atoms with Crippen LogP contribution in [0.3, 0.4) is 0 Å². The van der Waals surface area contributed by atoms with Crippen LogP contribution in [0.5, 0.6) is 0 Å². The van der Waals surface area contributed by atoms with Crippen LogP contribution in [0.4, 0.5) is 0 Å². The number of ketones is 1. The van der Waals surface area contributed by atoms with Crippen molar-refractivity contribution < 1.29 is 13.2 Å². The van der Waals surface area contributed by atoms with Crippen molar-refractivity contribution in [2.45, 2.75) is 4.90 Å². The van der Waals surface area contributed by atoms with Crippen LogP contribution >= 0.6 is 11.3 Å². The van der Waals surface area contributed by atoms with Crippen LogP contribution in [0.2, 0.25) is 0 Å². The third-order valence-electron chi connectivity index (χ3n) is 4.11. The zero-order valence-corrected chi connectivity index (χ0v) is 17.2. The summed E-state index contributed by atoms with van der Waals surface area (Å²) in [6.45, 7) is 0. The molecule has 0 aliphatic rings. The molecule has 0 atom stereocenters. The Bertz CT molecular complexity index is 1330. The van der Waals surface area contributed by atoms with Gasteiger partial charge >= 0.3 is 0 Å². The molecule has 3 aromatic carbocycles. The number of carbonyl (C=O) groups is 1. The molecule has 7 nitrogen and oxygen atoms in total. The Hall–Kier alpha value is -3.56. The Morgan fingerprint density at radius 2 is 1.43 bits per heavy atom. The number of hydrogen-bond donors (Lipinski definition) is 1. The molecule has 0 fully saturated rings. The number of nitrogens with zero attached hydrogens (tertiary/aromatic N) is 3. The van der Waals surface area contributed by atoms with Crippen molar-refractivity contribution in [1.29, 1.82) is 0 Å². The van der Waals surface area contributed by atoms with Crippen LogP contribution in [-0.2, 0) is 10.0 Å². The van der Waals surface area contributed by atoms with Gasteiger partial charge in [-0.15, -0.1) is 5.10 Å². The van der Waals surface area contributed by atoms with Crippen molar-refractivity contribution in [3.63, 3.8) is 0 Å². The predicted molar refractivity (Wildman–Crippen MR) is 114 cm³/mol. The molecule has 0 aliphatic heterocycles. The molecular formula is C21H16N4O3S2. The third kappa shape index (κ3) is 4.22. The van der Waals surface area contributed by atoms with Crippen molar-refractivity contribution in [3.05, 3.63) is 106 Å². The maximum atomic E-state index is 12.8. The van der Waals surface area contributed by atoms with E-state index in [1.807, 2.05) is 24.3 Å². The van der Waals surface area contributed by atoms with Gasteiger partial charge in [0.25, 0.3) is 10.0 Å². The van der Waals surface area contributed by atoms with Gasteiger partial charge in [0.1, 0.15) is 0 Å². The molecule has 0 unspecified atom stereocenters. The molecule has 0 saturated carbocycles. The molecule has 0 amide bonds. The van der Waals surface area contributed by atoms with Gasteiger partial charge in [-0.1, -0.05) is 78.1 Å². The number of aromatic nitrogens is 2. The number of hydrogen-bond acceptors (Lipinski definition) is 6. The average molecular weight is 437 g/mol. The molecule has 0 aliphatic carbocycles. The smallest absolute Gasteiger partial charge is 0.276 e. The molecule has 1 aromatic heterocycles. The Morgan fingerprint density at radius 1 is 0.867 bits per heavy atom. The molecule has 0 bridgehead atoms. The summed E-state index contributed by atoms with van der Waals surface area (Å²) in [6.07, 6.45) is 0. The van der Waals surface area contributed by atoms with Crippen molar-refractivity contribution in [2.75, 3.05) is 0 Å². The summed E-state index contributed by atoms with van der Waals surface area (Å²) in [7, 11) is -3.86. The van der Waals surface area contributed by atoms with Crippen LogP contribution in [0.1, 0.15) is 15.4 Å². The lowest BCUT2D eigenvalue weighted by molar-refractivity contribution is 0.103. The van der Waals surface area contributed by atoms with Gasteiger partial charge in [-0.3, -0.25) is 4.79 Å². The van der Waals surface area contributed by atoms with Crippen LogP contribution < -0.4 is 9.63 Å². The summed E-state index contributed by atoms with van der Waals surface area (Å²) in [5.74, 6) is -0.266. The highest BCUT2D eigenvalue weighted by Crippen LogP contribution is 2.13. The summed E-state index contributed by atoms with van der Waals surface area (Å²) in [5, 5.41) is 8.64. The lowest BCUT2D eigenvalue weighted by Crippen LogP contribution is -2.24. The summed E-state index contributed by atoms with van der Waals surface area (Å²) in [4.78, 5) is 15.4. The highest BCUT2D eigenvalue weighted by molar-refractivity contribution is 7.89. The minimum atomic E-state index is -3.86. The van der Waals surface area contributed by atoms with E-state index < -0.39 is 10.0 Å². The van der Waals surface area contributed by atoms with Gasteiger partial charge in [-0.2, -0.15) is 18.3 Å². The number of nitrogens with one attached hydrogen (secondary N) is 1. The summed E-state index contributed by atoms with van der Waals surface area (Å²) >= 11 is 1.00. The first-order chi connectivity index (χ1) is 14.5. The van der Waals surface area contributed by atoms with E-state index in [4.69, 9.17) is 0 Å². The van der Waals surface area contributed by atoms with Gasteiger partial charge < -0.3 is 0 Å². The monoisotopic (exact) mass is 436 g/mol.